The van der Waals surface area contributed by atoms with Gasteiger partial charge in [-0.2, -0.15) is 4.31 Å². The van der Waals surface area contributed by atoms with Gasteiger partial charge in [0.2, 0.25) is 10.0 Å². The molecule has 0 aromatic heterocycles. The Morgan fingerprint density at radius 1 is 1.41 bits per heavy atom. The van der Waals surface area contributed by atoms with Crippen LogP contribution in [-0.4, -0.2) is 37.0 Å². The first-order chi connectivity index (χ1) is 8.05. The van der Waals surface area contributed by atoms with Crippen LogP contribution in [-0.2, 0) is 10.0 Å². The number of benzene rings is 1. The topological polar surface area (TPSA) is 57.4 Å². The maximum Gasteiger partial charge on any atom is 0.243 e. The van der Waals surface area contributed by atoms with E-state index in [1.807, 2.05) is 6.92 Å². The van der Waals surface area contributed by atoms with Crippen LogP contribution in [0.4, 0.5) is 0 Å². The molecule has 0 saturated carbocycles. The average molecular weight is 253 g/mol. The minimum atomic E-state index is -3.36. The first-order valence-electron chi connectivity index (χ1n) is 5.42. The van der Waals surface area contributed by atoms with Gasteiger partial charge in [0.25, 0.3) is 0 Å². The molecule has 0 spiro atoms. The minimum Gasteiger partial charge on any atom is -0.392 e. The Morgan fingerprint density at radius 3 is 2.65 bits per heavy atom. The molecule has 1 aromatic carbocycles. The molecule has 0 amide bonds. The lowest BCUT2D eigenvalue weighted by atomic mass is 10.2. The van der Waals surface area contributed by atoms with Crippen LogP contribution >= 0.6 is 0 Å². The molecule has 1 aliphatic rings. The molecule has 0 radical (unpaired) electrons. The molecule has 2 rings (SSSR count). The zero-order valence-electron chi connectivity index (χ0n) is 9.57. The van der Waals surface area contributed by atoms with Crippen LogP contribution < -0.4 is 0 Å². The maximum absolute atomic E-state index is 12.1. The van der Waals surface area contributed by atoms with E-state index in [1.54, 1.807) is 36.4 Å². The lowest BCUT2D eigenvalue weighted by Crippen LogP contribution is -2.13. The van der Waals surface area contributed by atoms with Gasteiger partial charge in [-0.05, 0) is 19.1 Å². The van der Waals surface area contributed by atoms with Crippen LogP contribution in [0.5, 0.6) is 0 Å². The van der Waals surface area contributed by atoms with E-state index in [2.05, 4.69) is 0 Å². The molecule has 17 heavy (non-hydrogen) atoms. The van der Waals surface area contributed by atoms with Gasteiger partial charge in [-0.15, -0.1) is 0 Å². The third kappa shape index (κ3) is 2.57. The summed E-state index contributed by atoms with van der Waals surface area (Å²) in [6.07, 6.45) is 3.28. The summed E-state index contributed by atoms with van der Waals surface area (Å²) in [4.78, 5) is 0.322. The summed E-state index contributed by atoms with van der Waals surface area (Å²) in [7, 11) is -3.36. The summed E-state index contributed by atoms with van der Waals surface area (Å²) in [6, 6.07) is 6.71. The van der Waals surface area contributed by atoms with E-state index in [9.17, 15) is 8.42 Å². The van der Waals surface area contributed by atoms with E-state index in [4.69, 9.17) is 5.11 Å². The molecule has 1 aromatic rings. The lowest BCUT2D eigenvalue weighted by Gasteiger charge is -2.05. The lowest BCUT2D eigenvalue weighted by molar-refractivity contribution is 0.342. The van der Waals surface area contributed by atoms with Gasteiger partial charge in [0.1, 0.15) is 0 Å². The van der Waals surface area contributed by atoms with Crippen molar-refractivity contribution in [2.45, 2.75) is 17.9 Å². The fourth-order valence-corrected chi connectivity index (χ4v) is 3.16. The van der Waals surface area contributed by atoms with Gasteiger partial charge in [-0.25, -0.2) is 8.42 Å². The number of hydrogen-bond acceptors (Lipinski definition) is 3. The van der Waals surface area contributed by atoms with Crippen LogP contribution in [0.25, 0.3) is 0 Å². The summed E-state index contributed by atoms with van der Waals surface area (Å²) in [6.45, 7) is 2.35. The van der Waals surface area contributed by atoms with Gasteiger partial charge in [0.05, 0.1) is 17.5 Å². The van der Waals surface area contributed by atoms with Gasteiger partial charge < -0.3 is 5.11 Å². The Labute approximate surface area is 101 Å². The summed E-state index contributed by atoms with van der Waals surface area (Å²) in [5, 5.41) is 8.62. The fourth-order valence-electron chi connectivity index (χ4n) is 1.63. The normalized spacial score (nSPS) is 24.1. The molecule has 1 N–H and O–H groups in total. The molecule has 1 saturated heterocycles. The Balaban J connectivity index is 2.16. The molecule has 92 valence electrons. The molecular formula is C12H15NO3S. The van der Waals surface area contributed by atoms with Crippen molar-refractivity contribution in [3.8, 4) is 0 Å². The molecule has 0 bridgehead atoms. The molecule has 1 fully saturated rings. The van der Waals surface area contributed by atoms with Crippen molar-refractivity contribution in [2.24, 2.45) is 0 Å². The first-order valence-corrected chi connectivity index (χ1v) is 6.86. The third-order valence-electron chi connectivity index (χ3n) is 2.69. The number of aliphatic hydroxyl groups excluding tert-OH is 1. The van der Waals surface area contributed by atoms with E-state index in [0.717, 1.165) is 5.56 Å². The molecule has 1 aliphatic heterocycles. The van der Waals surface area contributed by atoms with Gasteiger partial charge in [-0.3, -0.25) is 0 Å². The average Bonchev–Trinajstić information content (AvgIpc) is 3.07. The molecule has 2 atom stereocenters. The van der Waals surface area contributed by atoms with Crippen molar-refractivity contribution < 1.29 is 13.5 Å². The van der Waals surface area contributed by atoms with Crippen LogP contribution in [0.15, 0.2) is 41.3 Å². The van der Waals surface area contributed by atoms with E-state index in [-0.39, 0.29) is 12.6 Å². The van der Waals surface area contributed by atoms with Crippen molar-refractivity contribution >= 4 is 10.0 Å². The number of hydrogen-bond donors (Lipinski definition) is 1. The number of sulfonamides is 1. The molecule has 1 unspecified atom stereocenters. The zero-order chi connectivity index (χ0) is 12.5. The summed E-state index contributed by atoms with van der Waals surface area (Å²) in [5.41, 5.74) is 1.03. The molecule has 1 heterocycles. The van der Waals surface area contributed by atoms with Crippen molar-refractivity contribution in [2.75, 3.05) is 13.2 Å². The van der Waals surface area contributed by atoms with Crippen molar-refractivity contribution in [3.63, 3.8) is 0 Å². The predicted molar refractivity (Wildman–Crippen MR) is 65.1 cm³/mol. The van der Waals surface area contributed by atoms with Gasteiger partial charge >= 0.3 is 0 Å². The highest BCUT2D eigenvalue weighted by molar-refractivity contribution is 7.89. The Kier molecular flexibility index (Phi) is 3.33. The Hall–Kier alpha value is -1.17. The van der Waals surface area contributed by atoms with Crippen LogP contribution in [0.2, 0.25) is 0 Å². The van der Waals surface area contributed by atoms with Crippen molar-refractivity contribution in [3.05, 3.63) is 42.0 Å². The molecule has 4 nitrogen and oxygen atoms in total. The van der Waals surface area contributed by atoms with Gasteiger partial charge in [-0.1, -0.05) is 29.8 Å². The summed E-state index contributed by atoms with van der Waals surface area (Å²) >= 11 is 0. The number of aryl methyl sites for hydroxylation is 1. The van der Waals surface area contributed by atoms with Crippen LogP contribution in [0.3, 0.4) is 0 Å². The molecule has 0 aliphatic carbocycles. The Bertz CT molecular complexity index is 519. The van der Waals surface area contributed by atoms with Crippen LogP contribution in [0.1, 0.15) is 5.56 Å². The smallest absolute Gasteiger partial charge is 0.243 e. The summed E-state index contributed by atoms with van der Waals surface area (Å²) < 4.78 is 25.6. The number of nitrogens with zero attached hydrogens (tertiary/aromatic N) is 1. The second-order valence-electron chi connectivity index (χ2n) is 4.07. The highest BCUT2D eigenvalue weighted by Crippen LogP contribution is 2.28. The molecular weight excluding hydrogens is 238 g/mol. The number of rotatable bonds is 4. The van der Waals surface area contributed by atoms with Crippen molar-refractivity contribution in [1.82, 2.24) is 4.31 Å². The third-order valence-corrected chi connectivity index (χ3v) is 4.60. The predicted octanol–water partition coefficient (Wildman–Crippen LogP) is 0.916. The highest BCUT2D eigenvalue weighted by atomic mass is 32.2. The standard InChI is InChI=1S/C12H15NO3S/c1-10-4-6-12(7-5-10)17(15,16)13-9-11(13)3-2-8-14/h2-7,11,14H,8-9H2,1H3/b3-2+/t11-,13?/m0/s1. The highest BCUT2D eigenvalue weighted by Gasteiger charge is 2.42. The second kappa shape index (κ2) is 4.60. The van der Waals surface area contributed by atoms with Crippen molar-refractivity contribution in [1.29, 1.82) is 0 Å². The SMILES string of the molecule is Cc1ccc(S(=O)(=O)N2C[C@@H]2/C=C/CO)cc1. The fraction of sp³-hybridized carbons (Fsp3) is 0.333. The van der Waals surface area contributed by atoms with E-state index in [1.165, 1.54) is 4.31 Å². The van der Waals surface area contributed by atoms with E-state index < -0.39 is 10.0 Å². The summed E-state index contributed by atoms with van der Waals surface area (Å²) in [5.74, 6) is 0. The largest absolute Gasteiger partial charge is 0.392 e. The zero-order valence-corrected chi connectivity index (χ0v) is 10.4. The first kappa shape index (κ1) is 12.3. The van der Waals surface area contributed by atoms with E-state index in [0.29, 0.717) is 11.4 Å². The quantitative estimate of drug-likeness (QED) is 0.641. The van der Waals surface area contributed by atoms with E-state index >= 15 is 0 Å². The van der Waals surface area contributed by atoms with Crippen LogP contribution in [0, 0.1) is 6.92 Å². The van der Waals surface area contributed by atoms with Gasteiger partial charge in [0.15, 0.2) is 0 Å². The second-order valence-corrected chi connectivity index (χ2v) is 5.96. The maximum atomic E-state index is 12.1. The minimum absolute atomic E-state index is 0.0606. The Morgan fingerprint density at radius 2 is 2.06 bits per heavy atom. The monoisotopic (exact) mass is 253 g/mol. The van der Waals surface area contributed by atoms with Gasteiger partial charge in [0, 0.05) is 6.54 Å². The number of aliphatic hydroxyl groups is 1. The molecule has 5 heteroatoms.